The molecule has 3 nitrogen and oxygen atoms in total. The molecule has 0 spiro atoms. The van der Waals surface area contributed by atoms with Crippen LogP contribution in [-0.2, 0) is 4.79 Å². The van der Waals surface area contributed by atoms with Crippen LogP contribution in [0.2, 0.25) is 0 Å². The molecule has 2 saturated carbocycles. The van der Waals surface area contributed by atoms with Gasteiger partial charge in [-0.25, -0.2) is 0 Å². The van der Waals surface area contributed by atoms with Gasteiger partial charge in [-0.15, -0.1) is 12.4 Å². The number of halogens is 1. The quantitative estimate of drug-likeness (QED) is 0.852. The van der Waals surface area contributed by atoms with E-state index in [1.54, 1.807) is 0 Å². The number of carbonyl (C=O) groups is 1. The van der Waals surface area contributed by atoms with E-state index in [-0.39, 0.29) is 18.3 Å². The van der Waals surface area contributed by atoms with Gasteiger partial charge in [0.15, 0.2) is 0 Å². The van der Waals surface area contributed by atoms with Crippen molar-refractivity contribution in [1.82, 2.24) is 4.90 Å². The van der Waals surface area contributed by atoms with Crippen LogP contribution in [0.1, 0.15) is 58.3 Å². The maximum absolute atomic E-state index is 12.8. The first kappa shape index (κ1) is 16.1. The average molecular weight is 301 g/mol. The maximum Gasteiger partial charge on any atom is 0.225 e. The smallest absolute Gasteiger partial charge is 0.225 e. The number of fused-ring (bicyclic) bond motifs is 2. The Balaban J connectivity index is 0.00000147. The Hall–Kier alpha value is -0.280. The minimum atomic E-state index is 0. The van der Waals surface area contributed by atoms with Gasteiger partial charge in [0.1, 0.15) is 0 Å². The van der Waals surface area contributed by atoms with Crippen molar-refractivity contribution in [3.05, 3.63) is 0 Å². The molecule has 3 atom stereocenters. The molecule has 3 aliphatic rings. The molecule has 3 rings (SSSR count). The van der Waals surface area contributed by atoms with Gasteiger partial charge in [0.2, 0.25) is 5.91 Å². The Bertz CT molecular complexity index is 335. The predicted molar refractivity (Wildman–Crippen MR) is 83.8 cm³/mol. The van der Waals surface area contributed by atoms with Crippen LogP contribution in [0.15, 0.2) is 0 Å². The second-order valence-electron chi connectivity index (χ2n) is 6.93. The van der Waals surface area contributed by atoms with Gasteiger partial charge in [-0.05, 0) is 56.8 Å². The third-order valence-electron chi connectivity index (χ3n) is 5.89. The second-order valence-corrected chi connectivity index (χ2v) is 6.93. The highest BCUT2D eigenvalue weighted by Crippen LogP contribution is 2.43. The van der Waals surface area contributed by atoms with Crippen LogP contribution >= 0.6 is 12.4 Å². The SMILES string of the molecule is CCC1CCCN1C(=O)C1CC2CCCC(C1)C2N.Cl. The van der Waals surface area contributed by atoms with Crippen molar-refractivity contribution in [2.75, 3.05) is 6.54 Å². The summed E-state index contributed by atoms with van der Waals surface area (Å²) < 4.78 is 0. The van der Waals surface area contributed by atoms with Crippen molar-refractivity contribution < 1.29 is 4.79 Å². The van der Waals surface area contributed by atoms with Gasteiger partial charge in [0, 0.05) is 24.5 Å². The normalized spacial score (nSPS) is 40.3. The van der Waals surface area contributed by atoms with Gasteiger partial charge in [0.25, 0.3) is 0 Å². The highest BCUT2D eigenvalue weighted by Gasteiger charge is 2.42. The minimum Gasteiger partial charge on any atom is -0.339 e. The number of likely N-dealkylation sites (tertiary alicyclic amines) is 1. The first-order chi connectivity index (χ1) is 9.20. The number of nitrogens with two attached hydrogens (primary N) is 1. The molecular weight excluding hydrogens is 272 g/mol. The average Bonchev–Trinajstić information content (AvgIpc) is 2.85. The summed E-state index contributed by atoms with van der Waals surface area (Å²) in [6, 6.07) is 0.890. The molecule has 1 aliphatic heterocycles. The van der Waals surface area contributed by atoms with Gasteiger partial charge in [0.05, 0.1) is 0 Å². The lowest BCUT2D eigenvalue weighted by Crippen LogP contribution is -2.50. The van der Waals surface area contributed by atoms with E-state index in [0.717, 1.165) is 25.8 Å². The summed E-state index contributed by atoms with van der Waals surface area (Å²) in [5.41, 5.74) is 6.33. The maximum atomic E-state index is 12.8. The molecule has 116 valence electrons. The number of amides is 1. The van der Waals surface area contributed by atoms with Crippen LogP contribution < -0.4 is 5.73 Å². The Morgan fingerprint density at radius 3 is 2.40 bits per heavy atom. The van der Waals surface area contributed by atoms with Crippen LogP contribution in [0.3, 0.4) is 0 Å². The molecule has 0 aromatic rings. The number of carbonyl (C=O) groups excluding carboxylic acids is 1. The Kier molecular flexibility index (Phi) is 5.36. The van der Waals surface area contributed by atoms with Gasteiger partial charge in [-0.1, -0.05) is 13.3 Å². The number of nitrogens with zero attached hydrogens (tertiary/aromatic N) is 1. The van der Waals surface area contributed by atoms with E-state index in [1.807, 2.05) is 0 Å². The highest BCUT2D eigenvalue weighted by molar-refractivity contribution is 5.85. The largest absolute Gasteiger partial charge is 0.339 e. The Morgan fingerprint density at radius 2 is 1.80 bits per heavy atom. The summed E-state index contributed by atoms with van der Waals surface area (Å²) in [5.74, 6) is 1.96. The third-order valence-corrected chi connectivity index (χ3v) is 5.89. The third kappa shape index (κ3) is 2.85. The van der Waals surface area contributed by atoms with E-state index in [0.29, 0.717) is 29.8 Å². The van der Waals surface area contributed by atoms with Gasteiger partial charge in [-0.2, -0.15) is 0 Å². The van der Waals surface area contributed by atoms with Crippen molar-refractivity contribution >= 4 is 18.3 Å². The zero-order valence-electron chi connectivity index (χ0n) is 12.6. The minimum absolute atomic E-state index is 0. The molecule has 0 aromatic heterocycles. The topological polar surface area (TPSA) is 46.3 Å². The zero-order valence-corrected chi connectivity index (χ0v) is 13.4. The fourth-order valence-electron chi connectivity index (χ4n) is 4.78. The van der Waals surface area contributed by atoms with Crippen LogP contribution in [0.25, 0.3) is 0 Å². The molecule has 0 aromatic carbocycles. The molecular formula is C16H29ClN2O. The molecule has 1 amide bonds. The molecule has 2 N–H and O–H groups in total. The standard InChI is InChI=1S/C16H28N2O.ClH/c1-2-14-7-4-8-18(14)16(19)13-9-11-5-3-6-12(10-13)15(11)17;/h11-15H,2-10,17H2,1H3;1H. The molecule has 4 heteroatoms. The van der Waals surface area contributed by atoms with E-state index in [2.05, 4.69) is 11.8 Å². The first-order valence-corrected chi connectivity index (χ1v) is 8.26. The van der Waals surface area contributed by atoms with E-state index in [4.69, 9.17) is 5.73 Å². The zero-order chi connectivity index (χ0) is 13.4. The first-order valence-electron chi connectivity index (χ1n) is 8.26. The summed E-state index contributed by atoms with van der Waals surface area (Å²) in [6.45, 7) is 3.21. The molecule has 3 unspecified atom stereocenters. The predicted octanol–water partition coefficient (Wildman–Crippen LogP) is 2.96. The molecule has 1 saturated heterocycles. The summed E-state index contributed by atoms with van der Waals surface area (Å²) in [5, 5.41) is 0. The summed E-state index contributed by atoms with van der Waals surface area (Å²) in [6.07, 6.45) is 9.46. The van der Waals surface area contributed by atoms with Gasteiger partial charge >= 0.3 is 0 Å². The molecule has 3 fully saturated rings. The number of hydrogen-bond acceptors (Lipinski definition) is 2. The van der Waals surface area contributed by atoms with Crippen molar-refractivity contribution in [3.8, 4) is 0 Å². The van der Waals surface area contributed by atoms with Gasteiger partial charge in [-0.3, -0.25) is 4.79 Å². The lowest BCUT2D eigenvalue weighted by atomic mass is 9.65. The summed E-state index contributed by atoms with van der Waals surface area (Å²) >= 11 is 0. The molecule has 2 bridgehead atoms. The van der Waals surface area contributed by atoms with Crippen LogP contribution in [-0.4, -0.2) is 29.4 Å². The summed E-state index contributed by atoms with van der Waals surface area (Å²) in [4.78, 5) is 15.0. The fraction of sp³-hybridized carbons (Fsp3) is 0.938. The van der Waals surface area contributed by atoms with Crippen LogP contribution in [0.4, 0.5) is 0 Å². The fourth-order valence-corrected chi connectivity index (χ4v) is 4.78. The van der Waals surface area contributed by atoms with Crippen molar-refractivity contribution in [1.29, 1.82) is 0 Å². The number of rotatable bonds is 2. The Labute approximate surface area is 129 Å². The lowest BCUT2D eigenvalue weighted by molar-refractivity contribution is -0.139. The van der Waals surface area contributed by atoms with E-state index in [9.17, 15) is 4.79 Å². The lowest BCUT2D eigenvalue weighted by Gasteiger charge is -2.44. The number of hydrogen-bond donors (Lipinski definition) is 1. The molecule has 2 aliphatic carbocycles. The van der Waals surface area contributed by atoms with E-state index >= 15 is 0 Å². The Morgan fingerprint density at radius 1 is 1.15 bits per heavy atom. The molecule has 20 heavy (non-hydrogen) atoms. The second kappa shape index (κ2) is 6.65. The molecule has 1 heterocycles. The van der Waals surface area contributed by atoms with Crippen molar-refractivity contribution in [2.24, 2.45) is 23.5 Å². The van der Waals surface area contributed by atoms with E-state index in [1.165, 1.54) is 32.1 Å². The molecule has 0 radical (unpaired) electrons. The van der Waals surface area contributed by atoms with Crippen molar-refractivity contribution in [2.45, 2.75) is 70.4 Å². The monoisotopic (exact) mass is 300 g/mol. The van der Waals surface area contributed by atoms with E-state index < -0.39 is 0 Å². The van der Waals surface area contributed by atoms with Gasteiger partial charge < -0.3 is 10.6 Å². The highest BCUT2D eigenvalue weighted by atomic mass is 35.5. The van der Waals surface area contributed by atoms with Crippen molar-refractivity contribution in [3.63, 3.8) is 0 Å². The van der Waals surface area contributed by atoms with Crippen LogP contribution in [0.5, 0.6) is 0 Å². The summed E-state index contributed by atoms with van der Waals surface area (Å²) in [7, 11) is 0. The van der Waals surface area contributed by atoms with Crippen LogP contribution in [0, 0.1) is 17.8 Å².